The van der Waals surface area contributed by atoms with Gasteiger partial charge in [0.2, 0.25) is 5.91 Å². The van der Waals surface area contributed by atoms with Crippen molar-refractivity contribution >= 4 is 22.8 Å². The molecule has 27 heavy (non-hydrogen) atoms. The fourth-order valence-corrected chi connectivity index (χ4v) is 3.24. The number of aryl methyl sites for hydroxylation is 3. The first-order chi connectivity index (χ1) is 12.7. The number of anilines is 1. The lowest BCUT2D eigenvalue weighted by Crippen LogP contribution is -2.35. The summed E-state index contributed by atoms with van der Waals surface area (Å²) < 4.78 is 8.06. The molecule has 0 unspecified atom stereocenters. The van der Waals surface area contributed by atoms with Gasteiger partial charge in [-0.25, -0.2) is 9.97 Å². The molecule has 2 aromatic heterocycles. The van der Waals surface area contributed by atoms with Crippen LogP contribution in [0, 0.1) is 19.3 Å². The number of carbonyl (C=O) groups is 1. The Labute approximate surface area is 161 Å². The van der Waals surface area contributed by atoms with Gasteiger partial charge in [-0.05, 0) is 32.3 Å². The Bertz CT molecular complexity index is 811. The molecule has 2 aromatic rings. The van der Waals surface area contributed by atoms with Crippen molar-refractivity contribution in [3.05, 3.63) is 17.1 Å². The van der Waals surface area contributed by atoms with Crippen LogP contribution >= 0.6 is 0 Å². The molecule has 0 radical (unpaired) electrons. The highest BCUT2D eigenvalue weighted by Gasteiger charge is 2.26. The number of hydrogen-bond acceptors (Lipinski definition) is 5. The van der Waals surface area contributed by atoms with Crippen LogP contribution in [0.3, 0.4) is 0 Å². The summed E-state index contributed by atoms with van der Waals surface area (Å²) in [6.07, 6.45) is 2.57. The van der Waals surface area contributed by atoms with Crippen LogP contribution in [0.5, 0.6) is 0 Å². The summed E-state index contributed by atoms with van der Waals surface area (Å²) in [7, 11) is 1.66. The van der Waals surface area contributed by atoms with Crippen molar-refractivity contribution < 1.29 is 9.53 Å². The van der Waals surface area contributed by atoms with E-state index in [-0.39, 0.29) is 5.91 Å². The molecule has 0 atom stereocenters. The summed E-state index contributed by atoms with van der Waals surface area (Å²) in [6.45, 7) is 11.8. The molecule has 0 fully saturated rings. The monoisotopic (exact) mass is 375 g/mol. The van der Waals surface area contributed by atoms with Gasteiger partial charge in [0.05, 0.1) is 12.1 Å². The number of ether oxygens (including phenoxy) is 1. The van der Waals surface area contributed by atoms with Gasteiger partial charge in [-0.15, -0.1) is 0 Å². The van der Waals surface area contributed by atoms with Gasteiger partial charge in [0.1, 0.15) is 11.3 Å². The molecule has 0 bridgehead atoms. The Morgan fingerprint density at radius 2 is 1.96 bits per heavy atom. The third-order valence-corrected chi connectivity index (χ3v) is 5.12. The van der Waals surface area contributed by atoms with E-state index in [0.717, 1.165) is 41.0 Å². The van der Waals surface area contributed by atoms with Crippen molar-refractivity contribution in [2.45, 2.75) is 60.4 Å². The van der Waals surface area contributed by atoms with E-state index in [1.165, 1.54) is 0 Å². The van der Waals surface area contributed by atoms with Gasteiger partial charge in [0, 0.05) is 37.7 Å². The number of rotatable bonds is 9. The molecule has 7 heteroatoms. The summed E-state index contributed by atoms with van der Waals surface area (Å²) >= 11 is 0. The standard InChI is InChI=1S/C20H33N5O2/c1-7-8-15-24-16-17(13(2)14(3)23-18(16)21)25(15)10-12-27-11-9-20(4,5)19(26)22-6/h7-12H2,1-6H3,(H2,21,23)(H,22,26). The Balaban J connectivity index is 2.12. The number of imidazole rings is 1. The smallest absolute Gasteiger partial charge is 0.225 e. The third-order valence-electron chi connectivity index (χ3n) is 5.12. The summed E-state index contributed by atoms with van der Waals surface area (Å²) in [5.74, 6) is 1.53. The number of amides is 1. The maximum atomic E-state index is 11.9. The third kappa shape index (κ3) is 4.58. The van der Waals surface area contributed by atoms with E-state index >= 15 is 0 Å². The molecular formula is C20H33N5O2. The second kappa shape index (κ2) is 8.69. The average molecular weight is 376 g/mol. The Morgan fingerprint density at radius 3 is 2.59 bits per heavy atom. The van der Waals surface area contributed by atoms with Crippen molar-refractivity contribution in [3.63, 3.8) is 0 Å². The van der Waals surface area contributed by atoms with E-state index < -0.39 is 5.41 Å². The van der Waals surface area contributed by atoms with Gasteiger partial charge in [-0.2, -0.15) is 0 Å². The molecule has 150 valence electrons. The van der Waals surface area contributed by atoms with Crippen molar-refractivity contribution in [3.8, 4) is 0 Å². The number of nitrogen functional groups attached to an aromatic ring is 1. The summed E-state index contributed by atoms with van der Waals surface area (Å²) in [5.41, 5.74) is 9.55. The molecule has 0 saturated heterocycles. The van der Waals surface area contributed by atoms with E-state index in [2.05, 4.69) is 28.7 Å². The molecule has 3 N–H and O–H groups in total. The Kier molecular flexibility index (Phi) is 6.81. The van der Waals surface area contributed by atoms with E-state index in [0.29, 0.717) is 32.0 Å². The van der Waals surface area contributed by atoms with Gasteiger partial charge in [0.25, 0.3) is 0 Å². The van der Waals surface area contributed by atoms with E-state index in [1.807, 2.05) is 20.8 Å². The van der Waals surface area contributed by atoms with Crippen LogP contribution in [0.15, 0.2) is 0 Å². The van der Waals surface area contributed by atoms with Crippen LogP contribution < -0.4 is 11.1 Å². The van der Waals surface area contributed by atoms with Crippen LogP contribution in [0.1, 0.15) is 50.7 Å². The SMILES string of the molecule is CCCc1nc2c(N)nc(C)c(C)c2n1CCOCCC(C)(C)C(=O)NC. The first kappa shape index (κ1) is 21.2. The predicted molar refractivity (Wildman–Crippen MR) is 109 cm³/mol. The van der Waals surface area contributed by atoms with Crippen molar-refractivity contribution in [1.29, 1.82) is 0 Å². The maximum absolute atomic E-state index is 11.9. The summed E-state index contributed by atoms with van der Waals surface area (Å²) in [4.78, 5) is 21.0. The highest BCUT2D eigenvalue weighted by molar-refractivity contribution is 5.88. The number of aromatic nitrogens is 3. The molecule has 0 aromatic carbocycles. The van der Waals surface area contributed by atoms with E-state index in [1.54, 1.807) is 7.05 Å². The molecule has 0 spiro atoms. The fourth-order valence-electron chi connectivity index (χ4n) is 3.24. The van der Waals surface area contributed by atoms with Gasteiger partial charge in [-0.1, -0.05) is 20.8 Å². The molecular weight excluding hydrogens is 342 g/mol. The van der Waals surface area contributed by atoms with Crippen LogP contribution in [0.4, 0.5) is 5.82 Å². The number of hydrogen-bond donors (Lipinski definition) is 2. The van der Waals surface area contributed by atoms with Gasteiger partial charge in [-0.3, -0.25) is 4.79 Å². The van der Waals surface area contributed by atoms with E-state index in [9.17, 15) is 4.79 Å². The van der Waals surface area contributed by atoms with Crippen LogP contribution in [0.2, 0.25) is 0 Å². The van der Waals surface area contributed by atoms with Gasteiger partial charge in [0.15, 0.2) is 5.82 Å². The van der Waals surface area contributed by atoms with Crippen molar-refractivity contribution in [1.82, 2.24) is 19.9 Å². The zero-order valence-corrected chi connectivity index (χ0v) is 17.5. The lowest BCUT2D eigenvalue weighted by molar-refractivity contribution is -0.129. The average Bonchev–Trinajstić information content (AvgIpc) is 2.98. The number of fused-ring (bicyclic) bond motifs is 1. The number of nitrogens with one attached hydrogen (secondary N) is 1. The number of nitrogens with two attached hydrogens (primary N) is 1. The second-order valence-corrected chi connectivity index (χ2v) is 7.66. The van der Waals surface area contributed by atoms with Crippen molar-refractivity contribution in [2.75, 3.05) is 26.0 Å². The Morgan fingerprint density at radius 1 is 1.26 bits per heavy atom. The first-order valence-corrected chi connectivity index (χ1v) is 9.64. The topological polar surface area (TPSA) is 95.1 Å². The van der Waals surface area contributed by atoms with Crippen LogP contribution in [-0.4, -0.2) is 40.7 Å². The second-order valence-electron chi connectivity index (χ2n) is 7.66. The van der Waals surface area contributed by atoms with Crippen LogP contribution in [0.25, 0.3) is 11.0 Å². The number of pyridine rings is 1. The zero-order chi connectivity index (χ0) is 20.2. The molecule has 7 nitrogen and oxygen atoms in total. The molecule has 0 aliphatic rings. The highest BCUT2D eigenvalue weighted by atomic mass is 16.5. The number of carbonyl (C=O) groups excluding carboxylic acids is 1. The molecule has 2 rings (SSSR count). The minimum absolute atomic E-state index is 0.0333. The minimum atomic E-state index is -0.433. The largest absolute Gasteiger partial charge is 0.382 e. The maximum Gasteiger partial charge on any atom is 0.225 e. The first-order valence-electron chi connectivity index (χ1n) is 9.64. The zero-order valence-electron chi connectivity index (χ0n) is 17.5. The predicted octanol–water partition coefficient (Wildman–Crippen LogP) is 2.76. The van der Waals surface area contributed by atoms with Crippen LogP contribution in [-0.2, 0) is 22.5 Å². The summed E-state index contributed by atoms with van der Waals surface area (Å²) in [5, 5.41) is 2.70. The van der Waals surface area contributed by atoms with Crippen molar-refractivity contribution in [2.24, 2.45) is 5.41 Å². The van der Waals surface area contributed by atoms with Gasteiger partial charge < -0.3 is 20.4 Å². The lowest BCUT2D eigenvalue weighted by atomic mass is 9.89. The van der Waals surface area contributed by atoms with E-state index in [4.69, 9.17) is 15.5 Å². The normalized spacial score (nSPS) is 11.9. The molecule has 2 heterocycles. The summed E-state index contributed by atoms with van der Waals surface area (Å²) in [6, 6.07) is 0. The molecule has 0 saturated carbocycles. The molecule has 0 aliphatic heterocycles. The highest BCUT2D eigenvalue weighted by Crippen LogP contribution is 2.26. The fraction of sp³-hybridized carbons (Fsp3) is 0.650. The molecule has 0 aliphatic carbocycles. The molecule has 1 amide bonds. The Hall–Kier alpha value is -2.15. The van der Waals surface area contributed by atoms with Gasteiger partial charge >= 0.3 is 0 Å². The minimum Gasteiger partial charge on any atom is -0.382 e. The lowest BCUT2D eigenvalue weighted by Gasteiger charge is -2.22. The number of nitrogens with zero attached hydrogens (tertiary/aromatic N) is 3. The quantitative estimate of drug-likeness (QED) is 0.657.